The molecule has 2 aromatic carbocycles. The van der Waals surface area contributed by atoms with Crippen molar-refractivity contribution in [2.24, 2.45) is 0 Å². The van der Waals surface area contributed by atoms with E-state index in [0.717, 1.165) is 6.54 Å². The first kappa shape index (κ1) is 12.9. The molecule has 0 saturated heterocycles. The number of hydrogen-bond acceptors (Lipinski definition) is 3. The van der Waals surface area contributed by atoms with Gasteiger partial charge in [-0.2, -0.15) is 0 Å². The first-order valence-electron chi connectivity index (χ1n) is 6.46. The van der Waals surface area contributed by atoms with Crippen molar-refractivity contribution in [2.75, 3.05) is 23.9 Å². The van der Waals surface area contributed by atoms with Crippen molar-refractivity contribution < 1.29 is 0 Å². The predicted molar refractivity (Wildman–Crippen MR) is 86.6 cm³/mol. The van der Waals surface area contributed by atoms with Crippen LogP contribution in [0.15, 0.2) is 58.3 Å². The van der Waals surface area contributed by atoms with Crippen molar-refractivity contribution in [3.05, 3.63) is 54.1 Å². The minimum atomic E-state index is 0.626. The van der Waals surface area contributed by atoms with Crippen molar-refractivity contribution in [3.8, 4) is 0 Å². The molecule has 1 heterocycles. The molecule has 1 N–H and O–H groups in total. The van der Waals surface area contributed by atoms with Gasteiger partial charge in [0.1, 0.15) is 0 Å². The van der Waals surface area contributed by atoms with E-state index in [1.165, 1.54) is 26.8 Å². The Morgan fingerprint density at radius 3 is 2.74 bits per heavy atom. The number of rotatable bonds is 4. The third-order valence-corrected chi connectivity index (χ3v) is 5.44. The summed E-state index contributed by atoms with van der Waals surface area (Å²) in [5.74, 6) is 1.82. The standard InChI is InChI=1S/C16H17NS2/c1-18-14-8-6-13(7-9-14)17-10-12-11-19-16-5-3-2-4-15(12)16/h2-9,12,17H,10-11H2,1H3. The van der Waals surface area contributed by atoms with Crippen LogP contribution in [-0.2, 0) is 0 Å². The van der Waals surface area contributed by atoms with Crippen LogP contribution in [0, 0.1) is 0 Å². The van der Waals surface area contributed by atoms with Gasteiger partial charge >= 0.3 is 0 Å². The number of benzene rings is 2. The van der Waals surface area contributed by atoms with E-state index in [0.29, 0.717) is 5.92 Å². The molecule has 0 saturated carbocycles. The van der Waals surface area contributed by atoms with E-state index < -0.39 is 0 Å². The van der Waals surface area contributed by atoms with E-state index in [9.17, 15) is 0 Å². The quantitative estimate of drug-likeness (QED) is 0.818. The average molecular weight is 287 g/mol. The molecule has 1 aliphatic rings. The minimum absolute atomic E-state index is 0.626. The SMILES string of the molecule is CSc1ccc(NCC2CSc3ccccc32)cc1. The first-order valence-corrected chi connectivity index (χ1v) is 8.67. The number of hydrogen-bond donors (Lipinski definition) is 1. The second-order valence-electron chi connectivity index (χ2n) is 4.66. The van der Waals surface area contributed by atoms with Crippen LogP contribution < -0.4 is 5.32 Å². The fourth-order valence-electron chi connectivity index (χ4n) is 2.35. The third-order valence-electron chi connectivity index (χ3n) is 3.44. The molecule has 1 nitrogen and oxygen atoms in total. The zero-order chi connectivity index (χ0) is 13.1. The highest BCUT2D eigenvalue weighted by Crippen LogP contribution is 2.39. The van der Waals surface area contributed by atoms with Crippen LogP contribution in [0.25, 0.3) is 0 Å². The number of anilines is 1. The van der Waals surface area contributed by atoms with Gasteiger partial charge < -0.3 is 5.32 Å². The highest BCUT2D eigenvalue weighted by atomic mass is 32.2. The molecule has 1 atom stereocenters. The summed E-state index contributed by atoms with van der Waals surface area (Å²) in [4.78, 5) is 2.76. The molecule has 0 bridgehead atoms. The maximum atomic E-state index is 3.56. The van der Waals surface area contributed by atoms with Gasteiger partial charge in [-0.3, -0.25) is 0 Å². The Kier molecular flexibility index (Phi) is 4.04. The number of thioether (sulfide) groups is 2. The van der Waals surface area contributed by atoms with Crippen molar-refractivity contribution >= 4 is 29.2 Å². The van der Waals surface area contributed by atoms with E-state index >= 15 is 0 Å². The van der Waals surface area contributed by atoms with Gasteiger partial charge in [-0.25, -0.2) is 0 Å². The topological polar surface area (TPSA) is 12.0 Å². The lowest BCUT2D eigenvalue weighted by molar-refractivity contribution is 0.819. The lowest BCUT2D eigenvalue weighted by Crippen LogP contribution is -2.12. The molecule has 19 heavy (non-hydrogen) atoms. The van der Waals surface area contributed by atoms with Crippen molar-refractivity contribution in [3.63, 3.8) is 0 Å². The first-order chi connectivity index (χ1) is 9.36. The predicted octanol–water partition coefficient (Wildman–Crippen LogP) is 4.71. The lowest BCUT2D eigenvalue weighted by Gasteiger charge is -2.13. The van der Waals surface area contributed by atoms with Gasteiger partial charge in [0, 0.05) is 33.7 Å². The monoisotopic (exact) mass is 287 g/mol. The van der Waals surface area contributed by atoms with Crippen LogP contribution in [0.1, 0.15) is 11.5 Å². The summed E-state index contributed by atoms with van der Waals surface area (Å²) in [6.45, 7) is 1.02. The fraction of sp³-hybridized carbons (Fsp3) is 0.250. The number of nitrogens with one attached hydrogen (secondary N) is 1. The smallest absolute Gasteiger partial charge is 0.0341 e. The Bertz CT molecular complexity index is 551. The lowest BCUT2D eigenvalue weighted by atomic mass is 10.0. The summed E-state index contributed by atoms with van der Waals surface area (Å²) in [5, 5.41) is 3.56. The minimum Gasteiger partial charge on any atom is -0.384 e. The second-order valence-corrected chi connectivity index (χ2v) is 6.60. The summed E-state index contributed by atoms with van der Waals surface area (Å²) in [7, 11) is 0. The molecule has 3 heteroatoms. The van der Waals surface area contributed by atoms with Crippen molar-refractivity contribution in [1.82, 2.24) is 0 Å². The van der Waals surface area contributed by atoms with E-state index in [4.69, 9.17) is 0 Å². The largest absolute Gasteiger partial charge is 0.384 e. The normalized spacial score (nSPS) is 17.2. The molecule has 1 unspecified atom stereocenters. The Labute approximate surface area is 123 Å². The summed E-state index contributed by atoms with van der Waals surface area (Å²) in [5.41, 5.74) is 2.72. The van der Waals surface area contributed by atoms with Crippen LogP contribution in [0.2, 0.25) is 0 Å². The molecule has 2 aromatic rings. The Morgan fingerprint density at radius 2 is 1.95 bits per heavy atom. The Hall–Kier alpha value is -1.06. The van der Waals surface area contributed by atoms with Gasteiger partial charge in [0.2, 0.25) is 0 Å². The van der Waals surface area contributed by atoms with Crippen LogP contribution in [0.3, 0.4) is 0 Å². The zero-order valence-electron chi connectivity index (χ0n) is 10.9. The van der Waals surface area contributed by atoms with Gasteiger partial charge in [0.15, 0.2) is 0 Å². The molecular formula is C16H17NS2. The van der Waals surface area contributed by atoms with Gasteiger partial charge in [-0.15, -0.1) is 23.5 Å². The van der Waals surface area contributed by atoms with Crippen LogP contribution in [0.5, 0.6) is 0 Å². The maximum Gasteiger partial charge on any atom is 0.0341 e. The second kappa shape index (κ2) is 5.93. The highest BCUT2D eigenvalue weighted by molar-refractivity contribution is 7.99. The van der Waals surface area contributed by atoms with Crippen LogP contribution >= 0.6 is 23.5 Å². The molecular weight excluding hydrogens is 270 g/mol. The molecule has 0 fully saturated rings. The average Bonchev–Trinajstić information content (AvgIpc) is 2.89. The molecule has 0 spiro atoms. The van der Waals surface area contributed by atoms with Gasteiger partial charge in [-0.05, 0) is 42.2 Å². The van der Waals surface area contributed by atoms with E-state index in [1.54, 1.807) is 11.8 Å². The zero-order valence-corrected chi connectivity index (χ0v) is 12.6. The Balaban J connectivity index is 1.64. The fourth-order valence-corrected chi connectivity index (χ4v) is 4.01. The molecule has 0 aromatic heterocycles. The third kappa shape index (κ3) is 2.93. The molecule has 0 aliphatic carbocycles. The summed E-state index contributed by atoms with van der Waals surface area (Å²) in [6.07, 6.45) is 2.11. The Morgan fingerprint density at radius 1 is 1.16 bits per heavy atom. The summed E-state index contributed by atoms with van der Waals surface area (Å²) in [6, 6.07) is 17.4. The molecule has 1 aliphatic heterocycles. The van der Waals surface area contributed by atoms with Gasteiger partial charge in [0.25, 0.3) is 0 Å². The van der Waals surface area contributed by atoms with E-state index in [1.807, 2.05) is 11.8 Å². The summed E-state index contributed by atoms with van der Waals surface area (Å²) < 4.78 is 0. The molecule has 0 amide bonds. The van der Waals surface area contributed by atoms with Crippen LogP contribution in [0.4, 0.5) is 5.69 Å². The molecule has 0 radical (unpaired) electrons. The summed E-state index contributed by atoms with van der Waals surface area (Å²) >= 11 is 3.75. The molecule has 98 valence electrons. The van der Waals surface area contributed by atoms with Crippen molar-refractivity contribution in [2.45, 2.75) is 15.7 Å². The van der Waals surface area contributed by atoms with Crippen molar-refractivity contribution in [1.29, 1.82) is 0 Å². The highest BCUT2D eigenvalue weighted by Gasteiger charge is 2.22. The molecule has 3 rings (SSSR count). The van der Waals surface area contributed by atoms with E-state index in [2.05, 4.69) is 60.1 Å². The maximum absolute atomic E-state index is 3.56. The van der Waals surface area contributed by atoms with Gasteiger partial charge in [0.05, 0.1) is 0 Å². The van der Waals surface area contributed by atoms with E-state index in [-0.39, 0.29) is 0 Å². The van der Waals surface area contributed by atoms with Gasteiger partial charge in [-0.1, -0.05) is 18.2 Å². The van der Waals surface area contributed by atoms with Crippen LogP contribution in [-0.4, -0.2) is 18.6 Å². The number of fused-ring (bicyclic) bond motifs is 1.